The maximum Gasteiger partial charge on any atom is 0.171 e. The second-order valence-corrected chi connectivity index (χ2v) is 13.1. The molecule has 4 saturated carbocycles. The summed E-state index contributed by atoms with van der Waals surface area (Å²) in [5.41, 5.74) is -0.00484. The Bertz CT molecular complexity index is 698. The van der Waals surface area contributed by atoms with E-state index in [1.807, 2.05) is 0 Å². The SMILES string of the molecule is CC1CC[C@@]2(OC1)O[C@H]1C[C@H]3[C@@H]4CCC5CCCC[C@]5(C)[C@@]4(O)CC[C@]3(C)[C@H]1[C@@H]2C. The van der Waals surface area contributed by atoms with E-state index in [0.717, 1.165) is 31.8 Å². The molecule has 3 heteroatoms. The molecule has 170 valence electrons. The Kier molecular flexibility index (Phi) is 4.42. The predicted octanol–water partition coefficient (Wildman–Crippen LogP) is 5.94. The predicted molar refractivity (Wildman–Crippen MR) is 118 cm³/mol. The molecule has 0 aromatic heterocycles. The zero-order valence-electron chi connectivity index (χ0n) is 19.8. The van der Waals surface area contributed by atoms with E-state index >= 15 is 0 Å². The van der Waals surface area contributed by atoms with Gasteiger partial charge in [-0.1, -0.05) is 40.5 Å². The van der Waals surface area contributed by atoms with E-state index in [4.69, 9.17) is 9.47 Å². The van der Waals surface area contributed by atoms with Crippen LogP contribution in [0.2, 0.25) is 0 Å². The molecule has 0 bridgehead atoms. The normalized spacial score (nSPS) is 62.5. The van der Waals surface area contributed by atoms with Gasteiger partial charge in [0.05, 0.1) is 18.3 Å². The third-order valence-corrected chi connectivity index (χ3v) is 12.0. The van der Waals surface area contributed by atoms with Crippen LogP contribution >= 0.6 is 0 Å². The summed E-state index contributed by atoms with van der Waals surface area (Å²) in [4.78, 5) is 0. The fourth-order valence-corrected chi connectivity index (χ4v) is 10.3. The zero-order chi connectivity index (χ0) is 20.9. The van der Waals surface area contributed by atoms with Crippen molar-refractivity contribution in [2.75, 3.05) is 6.61 Å². The van der Waals surface area contributed by atoms with Gasteiger partial charge in [0.15, 0.2) is 5.79 Å². The van der Waals surface area contributed by atoms with Gasteiger partial charge in [-0.15, -0.1) is 0 Å². The first-order valence-corrected chi connectivity index (χ1v) is 13.3. The van der Waals surface area contributed by atoms with Crippen LogP contribution in [-0.4, -0.2) is 29.2 Å². The fraction of sp³-hybridized carbons (Fsp3) is 1.00. The largest absolute Gasteiger partial charge is 0.389 e. The molecule has 0 aromatic carbocycles. The van der Waals surface area contributed by atoms with E-state index in [1.54, 1.807) is 0 Å². The van der Waals surface area contributed by atoms with Gasteiger partial charge in [-0.2, -0.15) is 0 Å². The summed E-state index contributed by atoms with van der Waals surface area (Å²) in [6.45, 7) is 10.6. The van der Waals surface area contributed by atoms with Crippen molar-refractivity contribution in [2.45, 2.75) is 116 Å². The van der Waals surface area contributed by atoms with Gasteiger partial charge in [-0.25, -0.2) is 0 Å². The van der Waals surface area contributed by atoms with Crippen LogP contribution in [0.1, 0.15) is 98.3 Å². The molecule has 0 amide bonds. The molecule has 2 heterocycles. The highest BCUT2D eigenvalue weighted by Gasteiger charge is 2.72. The molecule has 2 unspecified atom stereocenters. The Labute approximate surface area is 183 Å². The fourth-order valence-electron chi connectivity index (χ4n) is 10.3. The van der Waals surface area contributed by atoms with Crippen LogP contribution in [0, 0.1) is 46.3 Å². The average Bonchev–Trinajstić information content (AvgIpc) is 3.16. The molecule has 30 heavy (non-hydrogen) atoms. The van der Waals surface area contributed by atoms with Gasteiger partial charge >= 0.3 is 0 Å². The molecule has 1 spiro atoms. The van der Waals surface area contributed by atoms with Crippen molar-refractivity contribution in [2.24, 2.45) is 46.3 Å². The van der Waals surface area contributed by atoms with Gasteiger partial charge in [0, 0.05) is 12.3 Å². The summed E-state index contributed by atoms with van der Waals surface area (Å²) in [6.07, 6.45) is 13.8. The number of rotatable bonds is 0. The third-order valence-electron chi connectivity index (χ3n) is 12.0. The summed E-state index contributed by atoms with van der Waals surface area (Å²) >= 11 is 0. The van der Waals surface area contributed by atoms with E-state index in [2.05, 4.69) is 27.7 Å². The lowest BCUT2D eigenvalue weighted by Crippen LogP contribution is -2.65. The van der Waals surface area contributed by atoms with E-state index in [-0.39, 0.29) is 11.2 Å². The molecular weight excluding hydrogens is 372 g/mol. The molecular formula is C27H44O3. The molecule has 2 saturated heterocycles. The number of aliphatic hydroxyl groups is 1. The lowest BCUT2D eigenvalue weighted by Gasteiger charge is -2.65. The van der Waals surface area contributed by atoms with Gasteiger partial charge in [0.25, 0.3) is 0 Å². The molecule has 4 aliphatic carbocycles. The van der Waals surface area contributed by atoms with Crippen LogP contribution in [0.25, 0.3) is 0 Å². The van der Waals surface area contributed by atoms with E-state index < -0.39 is 5.60 Å². The van der Waals surface area contributed by atoms with Crippen LogP contribution in [0.5, 0.6) is 0 Å². The zero-order valence-corrected chi connectivity index (χ0v) is 19.8. The molecule has 11 atom stereocenters. The first-order valence-electron chi connectivity index (χ1n) is 13.3. The third kappa shape index (κ3) is 2.39. The van der Waals surface area contributed by atoms with Crippen LogP contribution in [0.4, 0.5) is 0 Å². The van der Waals surface area contributed by atoms with Crippen LogP contribution < -0.4 is 0 Å². The number of fused-ring (bicyclic) bond motifs is 7. The van der Waals surface area contributed by atoms with Crippen molar-refractivity contribution in [3.8, 4) is 0 Å². The first-order chi connectivity index (χ1) is 14.2. The maximum absolute atomic E-state index is 12.3. The van der Waals surface area contributed by atoms with Gasteiger partial charge < -0.3 is 14.6 Å². The minimum absolute atomic E-state index is 0.142. The minimum Gasteiger partial charge on any atom is -0.389 e. The highest BCUT2D eigenvalue weighted by atomic mass is 16.7. The molecule has 6 rings (SSSR count). The van der Waals surface area contributed by atoms with Crippen LogP contribution in [0.3, 0.4) is 0 Å². The standard InChI is InChI=1S/C27H44O3/c1-17-10-12-27(29-16-17)18(2)23-22(30-27)15-21-20-9-8-19-7-5-6-11-25(19,4)26(20,28)14-13-24(21,23)3/h17-23,28H,5-16H2,1-4H3/t17?,18-,19?,20-,21-,22-,23-,24-,25-,26+,27+/m0/s1. The second kappa shape index (κ2) is 6.48. The quantitative estimate of drug-likeness (QED) is 0.531. The van der Waals surface area contributed by atoms with Crippen molar-refractivity contribution >= 4 is 0 Å². The molecule has 6 aliphatic rings. The minimum atomic E-state index is -0.448. The van der Waals surface area contributed by atoms with Gasteiger partial charge in [0.1, 0.15) is 0 Å². The van der Waals surface area contributed by atoms with E-state index in [9.17, 15) is 5.11 Å². The Morgan fingerprint density at radius 1 is 0.867 bits per heavy atom. The van der Waals surface area contributed by atoms with Gasteiger partial charge in [-0.05, 0) is 91.8 Å². The molecule has 0 radical (unpaired) electrons. The Morgan fingerprint density at radius 3 is 2.47 bits per heavy atom. The van der Waals surface area contributed by atoms with Crippen molar-refractivity contribution in [1.29, 1.82) is 0 Å². The monoisotopic (exact) mass is 416 g/mol. The number of hydrogen-bond acceptors (Lipinski definition) is 3. The van der Waals surface area contributed by atoms with Crippen molar-refractivity contribution in [1.82, 2.24) is 0 Å². The van der Waals surface area contributed by atoms with Crippen molar-refractivity contribution in [3.05, 3.63) is 0 Å². The average molecular weight is 417 g/mol. The Hall–Kier alpha value is -0.120. The molecule has 1 N–H and O–H groups in total. The van der Waals surface area contributed by atoms with E-state index in [1.165, 1.54) is 51.4 Å². The van der Waals surface area contributed by atoms with Crippen LogP contribution in [0.15, 0.2) is 0 Å². The second-order valence-electron chi connectivity index (χ2n) is 13.1. The van der Waals surface area contributed by atoms with Crippen LogP contribution in [-0.2, 0) is 9.47 Å². The van der Waals surface area contributed by atoms with Gasteiger partial charge in [-0.3, -0.25) is 0 Å². The smallest absolute Gasteiger partial charge is 0.171 e. The summed E-state index contributed by atoms with van der Waals surface area (Å²) in [5, 5.41) is 12.3. The highest BCUT2D eigenvalue weighted by Crippen LogP contribution is 2.72. The Balaban J connectivity index is 1.30. The highest BCUT2D eigenvalue weighted by molar-refractivity contribution is 5.19. The number of hydrogen-bond donors (Lipinski definition) is 1. The Morgan fingerprint density at radius 2 is 1.70 bits per heavy atom. The molecule has 6 fully saturated rings. The van der Waals surface area contributed by atoms with Crippen molar-refractivity contribution in [3.63, 3.8) is 0 Å². The van der Waals surface area contributed by atoms with E-state index in [0.29, 0.717) is 41.1 Å². The lowest BCUT2D eigenvalue weighted by molar-refractivity contribution is -0.277. The molecule has 3 nitrogen and oxygen atoms in total. The lowest BCUT2D eigenvalue weighted by atomic mass is 9.42. The van der Waals surface area contributed by atoms with Crippen molar-refractivity contribution < 1.29 is 14.6 Å². The molecule has 0 aromatic rings. The summed E-state index contributed by atoms with van der Waals surface area (Å²) in [5.74, 6) is 3.24. The summed E-state index contributed by atoms with van der Waals surface area (Å²) in [6, 6.07) is 0. The summed E-state index contributed by atoms with van der Waals surface area (Å²) < 4.78 is 13.3. The summed E-state index contributed by atoms with van der Waals surface area (Å²) in [7, 11) is 0. The first kappa shape index (κ1) is 20.5. The number of ether oxygens (including phenoxy) is 2. The van der Waals surface area contributed by atoms with Gasteiger partial charge in [0.2, 0.25) is 0 Å². The molecule has 2 aliphatic heterocycles. The topological polar surface area (TPSA) is 38.7 Å². The maximum atomic E-state index is 12.3.